The van der Waals surface area contributed by atoms with E-state index in [4.69, 9.17) is 5.11 Å². The van der Waals surface area contributed by atoms with Crippen LogP contribution in [-0.2, 0) is 10.4 Å². The summed E-state index contributed by atoms with van der Waals surface area (Å²) < 4.78 is 0. The Balaban J connectivity index is 2.47. The van der Waals surface area contributed by atoms with Crippen molar-refractivity contribution in [2.75, 3.05) is 6.61 Å². The van der Waals surface area contributed by atoms with E-state index in [1.807, 2.05) is 12.1 Å². The third-order valence-corrected chi connectivity index (χ3v) is 3.36. The van der Waals surface area contributed by atoms with Gasteiger partial charge >= 0.3 is 0 Å². The number of hydrogen-bond donors (Lipinski definition) is 3. The molecule has 0 heterocycles. The standard InChI is InChI=1S/C17H19NO3/c1-13(12-19)18-16(20)17(21,14-8-4-2-5-9-14)15-10-6-3-7-11-15/h2-11,13,19,21H,12H2,1H3,(H,18,20). The highest BCUT2D eigenvalue weighted by Gasteiger charge is 2.40. The first kappa shape index (κ1) is 15.2. The summed E-state index contributed by atoms with van der Waals surface area (Å²) in [5.41, 5.74) is -0.816. The van der Waals surface area contributed by atoms with Crippen LogP contribution in [0.1, 0.15) is 18.1 Å². The zero-order valence-corrected chi connectivity index (χ0v) is 11.9. The minimum Gasteiger partial charge on any atom is -0.394 e. The van der Waals surface area contributed by atoms with E-state index in [-0.39, 0.29) is 6.61 Å². The van der Waals surface area contributed by atoms with Crippen molar-refractivity contribution in [3.05, 3.63) is 71.8 Å². The molecule has 4 heteroatoms. The molecule has 0 radical (unpaired) electrons. The molecular weight excluding hydrogens is 266 g/mol. The van der Waals surface area contributed by atoms with Crippen LogP contribution in [0.4, 0.5) is 0 Å². The van der Waals surface area contributed by atoms with Crippen molar-refractivity contribution in [2.45, 2.75) is 18.6 Å². The molecule has 0 fully saturated rings. The summed E-state index contributed by atoms with van der Waals surface area (Å²) in [6.07, 6.45) is 0. The van der Waals surface area contributed by atoms with Crippen LogP contribution < -0.4 is 5.32 Å². The molecule has 1 amide bonds. The van der Waals surface area contributed by atoms with Crippen molar-refractivity contribution >= 4 is 5.91 Å². The molecule has 110 valence electrons. The van der Waals surface area contributed by atoms with Gasteiger partial charge in [0.2, 0.25) is 0 Å². The Kier molecular flexibility index (Phi) is 4.73. The van der Waals surface area contributed by atoms with Gasteiger partial charge in [-0.1, -0.05) is 60.7 Å². The predicted molar refractivity (Wildman–Crippen MR) is 80.6 cm³/mol. The molecule has 2 rings (SSSR count). The van der Waals surface area contributed by atoms with Crippen LogP contribution in [0.2, 0.25) is 0 Å². The molecule has 0 spiro atoms. The van der Waals surface area contributed by atoms with Crippen molar-refractivity contribution in [1.29, 1.82) is 0 Å². The molecule has 0 saturated heterocycles. The number of hydrogen-bond acceptors (Lipinski definition) is 3. The van der Waals surface area contributed by atoms with Gasteiger partial charge in [0.1, 0.15) is 0 Å². The van der Waals surface area contributed by atoms with Crippen LogP contribution >= 0.6 is 0 Å². The van der Waals surface area contributed by atoms with Gasteiger partial charge in [-0.25, -0.2) is 0 Å². The average Bonchev–Trinajstić information content (AvgIpc) is 2.55. The molecular formula is C17H19NO3. The van der Waals surface area contributed by atoms with E-state index in [1.54, 1.807) is 55.5 Å². The quantitative estimate of drug-likeness (QED) is 0.778. The number of carbonyl (C=O) groups is 1. The lowest BCUT2D eigenvalue weighted by Crippen LogP contribution is -2.49. The minimum atomic E-state index is -1.79. The lowest BCUT2D eigenvalue weighted by molar-refractivity contribution is -0.137. The summed E-state index contributed by atoms with van der Waals surface area (Å²) in [6, 6.07) is 17.1. The molecule has 0 aliphatic carbocycles. The van der Waals surface area contributed by atoms with Crippen molar-refractivity contribution in [2.24, 2.45) is 0 Å². The number of nitrogens with one attached hydrogen (secondary N) is 1. The van der Waals surface area contributed by atoms with Crippen LogP contribution in [0, 0.1) is 0 Å². The van der Waals surface area contributed by atoms with Crippen LogP contribution in [0.5, 0.6) is 0 Å². The number of carbonyl (C=O) groups excluding carboxylic acids is 1. The number of aliphatic hydroxyl groups excluding tert-OH is 1. The van der Waals surface area contributed by atoms with E-state index in [2.05, 4.69) is 5.32 Å². The first-order valence-corrected chi connectivity index (χ1v) is 6.84. The maximum atomic E-state index is 12.6. The number of amides is 1. The SMILES string of the molecule is CC(CO)NC(=O)C(O)(c1ccccc1)c1ccccc1. The number of aliphatic hydroxyl groups is 2. The molecule has 2 aromatic carbocycles. The first-order valence-electron chi connectivity index (χ1n) is 6.84. The lowest BCUT2D eigenvalue weighted by Gasteiger charge is -2.29. The average molecular weight is 285 g/mol. The monoisotopic (exact) mass is 285 g/mol. The summed E-state index contributed by atoms with van der Waals surface area (Å²) in [5, 5.41) is 22.8. The van der Waals surface area contributed by atoms with Gasteiger partial charge in [-0.15, -0.1) is 0 Å². The third-order valence-electron chi connectivity index (χ3n) is 3.36. The molecule has 1 unspecified atom stereocenters. The van der Waals surface area contributed by atoms with Gasteiger partial charge in [-0.3, -0.25) is 4.79 Å². The van der Waals surface area contributed by atoms with E-state index >= 15 is 0 Å². The van der Waals surface area contributed by atoms with Crippen LogP contribution in [0.3, 0.4) is 0 Å². The van der Waals surface area contributed by atoms with Crippen LogP contribution in [0.15, 0.2) is 60.7 Å². The van der Waals surface area contributed by atoms with Gasteiger partial charge in [0.15, 0.2) is 5.60 Å². The molecule has 3 N–H and O–H groups in total. The van der Waals surface area contributed by atoms with Crippen LogP contribution in [0.25, 0.3) is 0 Å². The van der Waals surface area contributed by atoms with E-state index in [1.165, 1.54) is 0 Å². The van der Waals surface area contributed by atoms with E-state index in [0.29, 0.717) is 11.1 Å². The summed E-state index contributed by atoms with van der Waals surface area (Å²) in [4.78, 5) is 12.6. The van der Waals surface area contributed by atoms with Crippen LogP contribution in [-0.4, -0.2) is 28.8 Å². The summed E-state index contributed by atoms with van der Waals surface area (Å²) in [6.45, 7) is 1.49. The Labute approximate surface area is 124 Å². The highest BCUT2D eigenvalue weighted by atomic mass is 16.3. The van der Waals surface area contributed by atoms with E-state index < -0.39 is 17.6 Å². The fourth-order valence-electron chi connectivity index (χ4n) is 2.16. The maximum Gasteiger partial charge on any atom is 0.261 e. The summed E-state index contributed by atoms with van der Waals surface area (Å²) in [7, 11) is 0. The summed E-state index contributed by atoms with van der Waals surface area (Å²) >= 11 is 0. The molecule has 2 aromatic rings. The van der Waals surface area contributed by atoms with Gasteiger partial charge in [-0.2, -0.15) is 0 Å². The zero-order chi connectivity index (χ0) is 15.3. The number of rotatable bonds is 5. The Bertz CT molecular complexity index is 544. The number of benzene rings is 2. The molecule has 0 aromatic heterocycles. The fraction of sp³-hybridized carbons (Fsp3) is 0.235. The molecule has 0 bridgehead atoms. The third kappa shape index (κ3) is 3.12. The zero-order valence-electron chi connectivity index (χ0n) is 11.9. The highest BCUT2D eigenvalue weighted by molar-refractivity contribution is 5.90. The van der Waals surface area contributed by atoms with Gasteiger partial charge in [0.05, 0.1) is 6.61 Å². The Hall–Kier alpha value is -2.17. The van der Waals surface area contributed by atoms with Gasteiger partial charge in [0, 0.05) is 6.04 Å². The minimum absolute atomic E-state index is 0.189. The fourth-order valence-corrected chi connectivity index (χ4v) is 2.16. The Morgan fingerprint density at radius 1 is 1.05 bits per heavy atom. The molecule has 0 aliphatic heterocycles. The van der Waals surface area contributed by atoms with Gasteiger partial charge < -0.3 is 15.5 Å². The van der Waals surface area contributed by atoms with Crippen molar-refractivity contribution < 1.29 is 15.0 Å². The van der Waals surface area contributed by atoms with Gasteiger partial charge in [0.25, 0.3) is 5.91 Å². The molecule has 0 saturated carbocycles. The molecule has 1 atom stereocenters. The normalized spacial score (nSPS) is 12.7. The second-order valence-electron chi connectivity index (χ2n) is 5.00. The molecule has 21 heavy (non-hydrogen) atoms. The smallest absolute Gasteiger partial charge is 0.261 e. The van der Waals surface area contributed by atoms with Gasteiger partial charge in [-0.05, 0) is 18.1 Å². The van der Waals surface area contributed by atoms with E-state index in [9.17, 15) is 9.90 Å². The second kappa shape index (κ2) is 6.52. The predicted octanol–water partition coefficient (Wildman–Crippen LogP) is 1.42. The first-order chi connectivity index (χ1) is 10.1. The molecule has 4 nitrogen and oxygen atoms in total. The summed E-state index contributed by atoms with van der Waals surface area (Å²) in [5.74, 6) is -0.554. The maximum absolute atomic E-state index is 12.6. The topological polar surface area (TPSA) is 69.6 Å². The highest BCUT2D eigenvalue weighted by Crippen LogP contribution is 2.29. The second-order valence-corrected chi connectivity index (χ2v) is 5.00. The lowest BCUT2D eigenvalue weighted by atomic mass is 9.85. The largest absolute Gasteiger partial charge is 0.394 e. The molecule has 0 aliphatic rings. The van der Waals surface area contributed by atoms with Crippen molar-refractivity contribution in [1.82, 2.24) is 5.32 Å². The van der Waals surface area contributed by atoms with Crippen molar-refractivity contribution in [3.8, 4) is 0 Å². The van der Waals surface area contributed by atoms with E-state index in [0.717, 1.165) is 0 Å². The Morgan fingerprint density at radius 3 is 1.86 bits per heavy atom. The van der Waals surface area contributed by atoms with Crippen molar-refractivity contribution in [3.63, 3.8) is 0 Å². The Morgan fingerprint density at radius 2 is 1.48 bits per heavy atom.